The number of amides is 1. The van der Waals surface area contributed by atoms with E-state index in [1.54, 1.807) is 17.0 Å². The maximum Gasteiger partial charge on any atom is 0.287 e. The van der Waals surface area contributed by atoms with Crippen LogP contribution in [0, 0.1) is 10.1 Å². The van der Waals surface area contributed by atoms with E-state index in [0.29, 0.717) is 30.6 Å². The van der Waals surface area contributed by atoms with Gasteiger partial charge in [-0.25, -0.2) is 4.98 Å². The molecule has 2 fully saturated rings. The van der Waals surface area contributed by atoms with Crippen LogP contribution in [0.4, 0.5) is 11.5 Å². The number of pyridine rings is 1. The van der Waals surface area contributed by atoms with Gasteiger partial charge < -0.3 is 15.5 Å². The number of anilines is 1. The van der Waals surface area contributed by atoms with Crippen molar-refractivity contribution in [3.63, 3.8) is 0 Å². The summed E-state index contributed by atoms with van der Waals surface area (Å²) in [7, 11) is 0. The normalized spacial score (nSPS) is 21.4. The largest absolute Gasteiger partial charge is 0.365 e. The Kier molecular flexibility index (Phi) is 6.65. The van der Waals surface area contributed by atoms with Crippen molar-refractivity contribution in [2.24, 2.45) is 0 Å². The molecule has 0 aromatic carbocycles. The minimum Gasteiger partial charge on any atom is -0.365 e. The zero-order valence-corrected chi connectivity index (χ0v) is 16.7. The molecule has 2 aliphatic rings. The van der Waals surface area contributed by atoms with Crippen molar-refractivity contribution in [3.8, 4) is 0 Å². The van der Waals surface area contributed by atoms with E-state index >= 15 is 0 Å². The molecule has 156 valence electrons. The minimum absolute atomic E-state index is 0. The van der Waals surface area contributed by atoms with Crippen molar-refractivity contribution >= 4 is 29.8 Å². The highest BCUT2D eigenvalue weighted by atomic mass is 35.5. The highest BCUT2D eigenvalue weighted by Gasteiger charge is 2.29. The zero-order chi connectivity index (χ0) is 19.5. The summed E-state index contributed by atoms with van der Waals surface area (Å²) in [6.45, 7) is 3.11. The summed E-state index contributed by atoms with van der Waals surface area (Å²) in [6, 6.07) is 5.15. The fourth-order valence-corrected chi connectivity index (χ4v) is 3.73. The zero-order valence-electron chi connectivity index (χ0n) is 15.9. The van der Waals surface area contributed by atoms with E-state index in [0.717, 1.165) is 32.4 Å². The predicted octanol–water partition coefficient (Wildman–Crippen LogP) is 1.86. The lowest BCUT2D eigenvalue weighted by Gasteiger charge is -2.23. The van der Waals surface area contributed by atoms with Crippen LogP contribution in [0.5, 0.6) is 0 Å². The minimum atomic E-state index is -0.477. The summed E-state index contributed by atoms with van der Waals surface area (Å²) < 4.78 is 1.89. The second-order valence-electron chi connectivity index (χ2n) is 7.22. The number of piperidine rings is 1. The maximum absolute atomic E-state index is 12.8. The summed E-state index contributed by atoms with van der Waals surface area (Å²) in [5.41, 5.74) is 0.428. The number of hydrogen-bond acceptors (Lipinski definition) is 7. The summed E-state index contributed by atoms with van der Waals surface area (Å²) in [6.07, 6.45) is 6.09. The molecule has 0 saturated carbocycles. The second kappa shape index (κ2) is 9.19. The van der Waals surface area contributed by atoms with Crippen LogP contribution >= 0.6 is 12.4 Å². The Hall–Kier alpha value is -2.72. The molecule has 2 atom stereocenters. The number of rotatable bonds is 5. The number of carbonyl (C=O) groups excluding carboxylic acids is 1. The van der Waals surface area contributed by atoms with Crippen molar-refractivity contribution in [1.29, 1.82) is 0 Å². The average Bonchev–Trinajstić information content (AvgIpc) is 3.38. The Balaban J connectivity index is 0.00000240. The van der Waals surface area contributed by atoms with Gasteiger partial charge in [-0.05, 0) is 37.9 Å². The lowest BCUT2D eigenvalue weighted by atomic mass is 10.1. The van der Waals surface area contributed by atoms with Crippen LogP contribution in [0.15, 0.2) is 30.6 Å². The Morgan fingerprint density at radius 2 is 2.17 bits per heavy atom. The molecule has 4 heterocycles. The molecular weight excluding hydrogens is 398 g/mol. The van der Waals surface area contributed by atoms with Crippen molar-refractivity contribution in [2.75, 3.05) is 31.5 Å². The Morgan fingerprint density at radius 1 is 1.31 bits per heavy atom. The van der Waals surface area contributed by atoms with Gasteiger partial charge in [0.2, 0.25) is 0 Å². The van der Waals surface area contributed by atoms with E-state index in [4.69, 9.17) is 0 Å². The van der Waals surface area contributed by atoms with E-state index in [2.05, 4.69) is 20.7 Å². The van der Waals surface area contributed by atoms with Crippen LogP contribution in [0.2, 0.25) is 0 Å². The van der Waals surface area contributed by atoms with Crippen LogP contribution < -0.4 is 10.6 Å². The van der Waals surface area contributed by atoms with E-state index in [9.17, 15) is 14.9 Å². The summed E-state index contributed by atoms with van der Waals surface area (Å²) in [4.78, 5) is 28.9. The van der Waals surface area contributed by atoms with Crippen molar-refractivity contribution < 1.29 is 9.72 Å². The number of halogens is 1. The van der Waals surface area contributed by atoms with Gasteiger partial charge in [0.1, 0.15) is 17.7 Å². The fourth-order valence-electron chi connectivity index (χ4n) is 3.73. The average molecular weight is 422 g/mol. The van der Waals surface area contributed by atoms with Crippen LogP contribution in [-0.4, -0.2) is 62.7 Å². The summed E-state index contributed by atoms with van der Waals surface area (Å²) in [5, 5.41) is 21.8. The molecule has 2 N–H and O–H groups in total. The van der Waals surface area contributed by atoms with Gasteiger partial charge in [0.15, 0.2) is 0 Å². The lowest BCUT2D eigenvalue weighted by Crippen LogP contribution is -2.33. The Labute approximate surface area is 174 Å². The number of aromatic nitrogens is 3. The smallest absolute Gasteiger partial charge is 0.287 e. The molecule has 2 saturated heterocycles. The highest BCUT2D eigenvalue weighted by molar-refractivity contribution is 5.92. The molecule has 0 bridgehead atoms. The molecule has 1 amide bonds. The number of carbonyl (C=O) groups is 1. The maximum atomic E-state index is 12.8. The fraction of sp³-hybridized carbons (Fsp3) is 0.500. The molecule has 2 aromatic heterocycles. The molecule has 0 radical (unpaired) electrons. The predicted molar refractivity (Wildman–Crippen MR) is 109 cm³/mol. The third kappa shape index (κ3) is 4.83. The van der Waals surface area contributed by atoms with E-state index in [1.165, 1.54) is 12.3 Å². The van der Waals surface area contributed by atoms with Gasteiger partial charge in [0.05, 0.1) is 11.0 Å². The van der Waals surface area contributed by atoms with Gasteiger partial charge in [0, 0.05) is 37.9 Å². The first kappa shape index (κ1) is 21.0. The third-order valence-electron chi connectivity index (χ3n) is 5.26. The Morgan fingerprint density at radius 3 is 2.86 bits per heavy atom. The van der Waals surface area contributed by atoms with E-state index in [-0.39, 0.29) is 30.0 Å². The monoisotopic (exact) mass is 421 g/mol. The number of nitrogens with zero attached hydrogens (tertiary/aromatic N) is 5. The van der Waals surface area contributed by atoms with Gasteiger partial charge in [-0.3, -0.25) is 19.6 Å². The number of nitro groups is 1. The topological polar surface area (TPSA) is 118 Å². The van der Waals surface area contributed by atoms with Gasteiger partial charge >= 0.3 is 0 Å². The van der Waals surface area contributed by atoms with Gasteiger partial charge in [-0.15, -0.1) is 12.4 Å². The van der Waals surface area contributed by atoms with Crippen LogP contribution in [0.1, 0.15) is 35.8 Å². The standard InChI is InChI=1S/C18H23N7O3.ClH/c26-18(16-6-9-24(22-16)14-2-1-7-19-10-14)23-8-5-13(12-23)21-17-4-3-15(11-20-17)25(27)28;/h3-4,6,9,11,13-14,19H,1-2,5,7-8,10,12H2,(H,20,21);1H. The summed E-state index contributed by atoms with van der Waals surface area (Å²) in [5.74, 6) is 0.502. The van der Waals surface area contributed by atoms with Crippen LogP contribution in [-0.2, 0) is 0 Å². The third-order valence-corrected chi connectivity index (χ3v) is 5.26. The molecule has 4 rings (SSSR count). The summed E-state index contributed by atoms with van der Waals surface area (Å²) >= 11 is 0. The van der Waals surface area contributed by atoms with Crippen molar-refractivity contribution in [1.82, 2.24) is 25.0 Å². The second-order valence-corrected chi connectivity index (χ2v) is 7.22. The van der Waals surface area contributed by atoms with Crippen LogP contribution in [0.25, 0.3) is 0 Å². The molecule has 10 nitrogen and oxygen atoms in total. The number of likely N-dealkylation sites (tertiary alicyclic amines) is 1. The van der Waals surface area contributed by atoms with Gasteiger partial charge in [-0.2, -0.15) is 5.10 Å². The molecule has 2 aromatic rings. The SMILES string of the molecule is Cl.O=C(c1ccn(C2CCCNC2)n1)N1CCC(Nc2ccc([N+](=O)[O-])cn2)C1. The molecule has 2 unspecified atom stereocenters. The molecule has 29 heavy (non-hydrogen) atoms. The molecule has 11 heteroatoms. The Bertz CT molecular complexity index is 851. The van der Waals surface area contributed by atoms with E-state index < -0.39 is 4.92 Å². The highest BCUT2D eigenvalue weighted by Crippen LogP contribution is 2.20. The molecular formula is C18H24ClN7O3. The first-order chi connectivity index (χ1) is 13.6. The molecule has 0 aliphatic carbocycles. The number of nitrogens with one attached hydrogen (secondary N) is 2. The molecule has 0 spiro atoms. The van der Waals surface area contributed by atoms with Gasteiger partial charge in [-0.1, -0.05) is 0 Å². The van der Waals surface area contributed by atoms with Crippen LogP contribution in [0.3, 0.4) is 0 Å². The van der Waals surface area contributed by atoms with Gasteiger partial charge in [0.25, 0.3) is 11.6 Å². The number of hydrogen-bond donors (Lipinski definition) is 2. The van der Waals surface area contributed by atoms with E-state index in [1.807, 2.05) is 10.9 Å². The lowest BCUT2D eigenvalue weighted by molar-refractivity contribution is -0.385. The molecule has 2 aliphatic heterocycles. The first-order valence-electron chi connectivity index (χ1n) is 9.52. The van der Waals surface area contributed by atoms with Crippen molar-refractivity contribution in [2.45, 2.75) is 31.3 Å². The quantitative estimate of drug-likeness (QED) is 0.558. The van der Waals surface area contributed by atoms with Crippen molar-refractivity contribution in [3.05, 3.63) is 46.4 Å². The first-order valence-corrected chi connectivity index (χ1v) is 9.52.